The molecule has 0 saturated carbocycles. The highest BCUT2D eigenvalue weighted by Crippen LogP contribution is 2.39. The molecule has 1 amide bonds. The van der Waals surface area contributed by atoms with Crippen molar-refractivity contribution in [2.45, 2.75) is 13.8 Å². The van der Waals surface area contributed by atoms with Gasteiger partial charge in [-0.1, -0.05) is 48.5 Å². The highest BCUT2D eigenvalue weighted by molar-refractivity contribution is 6.06. The molecule has 0 bridgehead atoms. The molecule has 0 aliphatic heterocycles. The standard InChI is InChI=1S/C24H22N2O2/c1-3-26(4-2)24(27)28-21-15-14-18-11-8-16-25-23(18)22(21)20-13-7-10-17-9-5-6-12-19(17)20/h5-16H,3-4H2,1-2H3. The fourth-order valence-electron chi connectivity index (χ4n) is 3.56. The van der Waals surface area contributed by atoms with E-state index in [9.17, 15) is 4.79 Å². The molecule has 0 unspecified atom stereocenters. The van der Waals surface area contributed by atoms with Crippen LogP contribution >= 0.6 is 0 Å². The van der Waals surface area contributed by atoms with E-state index in [1.165, 1.54) is 0 Å². The van der Waals surface area contributed by atoms with E-state index in [-0.39, 0.29) is 6.09 Å². The van der Waals surface area contributed by atoms with Crippen LogP contribution < -0.4 is 4.74 Å². The first-order valence-electron chi connectivity index (χ1n) is 9.55. The minimum atomic E-state index is -0.346. The number of amides is 1. The van der Waals surface area contributed by atoms with Crippen molar-refractivity contribution in [3.63, 3.8) is 0 Å². The lowest BCUT2D eigenvalue weighted by Gasteiger charge is -2.20. The number of ether oxygens (including phenoxy) is 1. The van der Waals surface area contributed by atoms with Crippen molar-refractivity contribution in [3.05, 3.63) is 72.9 Å². The van der Waals surface area contributed by atoms with Gasteiger partial charge in [-0.15, -0.1) is 0 Å². The Morgan fingerprint density at radius 2 is 1.64 bits per heavy atom. The number of aromatic nitrogens is 1. The molecular formula is C24H22N2O2. The number of carbonyl (C=O) groups is 1. The predicted octanol–water partition coefficient (Wildman–Crippen LogP) is 5.90. The summed E-state index contributed by atoms with van der Waals surface area (Å²) >= 11 is 0. The second kappa shape index (κ2) is 7.69. The van der Waals surface area contributed by atoms with Gasteiger partial charge in [0.1, 0.15) is 5.75 Å². The van der Waals surface area contributed by atoms with Crippen molar-refractivity contribution in [1.29, 1.82) is 0 Å². The van der Waals surface area contributed by atoms with Crippen molar-refractivity contribution >= 4 is 27.8 Å². The molecule has 4 nitrogen and oxygen atoms in total. The average molecular weight is 370 g/mol. The Kier molecular flexibility index (Phi) is 4.94. The maximum atomic E-state index is 12.6. The number of hydrogen-bond acceptors (Lipinski definition) is 3. The van der Waals surface area contributed by atoms with Crippen LogP contribution in [0.25, 0.3) is 32.8 Å². The lowest BCUT2D eigenvalue weighted by Crippen LogP contribution is -2.33. The molecule has 0 aliphatic rings. The molecule has 3 aromatic carbocycles. The van der Waals surface area contributed by atoms with Gasteiger partial charge in [-0.2, -0.15) is 0 Å². The quantitative estimate of drug-likeness (QED) is 0.449. The van der Waals surface area contributed by atoms with Gasteiger partial charge in [-0.25, -0.2) is 4.79 Å². The fourth-order valence-corrected chi connectivity index (χ4v) is 3.56. The minimum Gasteiger partial charge on any atom is -0.409 e. The van der Waals surface area contributed by atoms with Crippen LogP contribution in [0.3, 0.4) is 0 Å². The van der Waals surface area contributed by atoms with Gasteiger partial charge in [0.05, 0.1) is 11.1 Å². The molecule has 0 aliphatic carbocycles. The first-order valence-corrected chi connectivity index (χ1v) is 9.55. The predicted molar refractivity (Wildman–Crippen MR) is 114 cm³/mol. The summed E-state index contributed by atoms with van der Waals surface area (Å²) in [5.74, 6) is 0.527. The van der Waals surface area contributed by atoms with E-state index in [2.05, 4.69) is 29.2 Å². The van der Waals surface area contributed by atoms with Crippen LogP contribution in [0.4, 0.5) is 4.79 Å². The maximum Gasteiger partial charge on any atom is 0.415 e. The number of benzene rings is 3. The van der Waals surface area contributed by atoms with Gasteiger partial charge in [-0.3, -0.25) is 4.98 Å². The Labute approximate surface area is 164 Å². The molecule has 1 heterocycles. The molecule has 0 fully saturated rings. The zero-order valence-electron chi connectivity index (χ0n) is 16.1. The molecule has 28 heavy (non-hydrogen) atoms. The van der Waals surface area contributed by atoms with Crippen LogP contribution in [0.15, 0.2) is 72.9 Å². The number of fused-ring (bicyclic) bond motifs is 2. The lowest BCUT2D eigenvalue weighted by atomic mass is 9.95. The molecule has 4 heteroatoms. The summed E-state index contributed by atoms with van der Waals surface area (Å²) < 4.78 is 5.85. The van der Waals surface area contributed by atoms with E-state index in [4.69, 9.17) is 4.74 Å². The summed E-state index contributed by atoms with van der Waals surface area (Å²) in [6.07, 6.45) is 1.43. The first-order chi connectivity index (χ1) is 13.7. The van der Waals surface area contributed by atoms with Crippen LogP contribution in [-0.4, -0.2) is 29.1 Å². The summed E-state index contributed by atoms with van der Waals surface area (Å²) in [4.78, 5) is 18.9. The Balaban J connectivity index is 1.96. The van der Waals surface area contributed by atoms with Crippen molar-refractivity contribution in [2.24, 2.45) is 0 Å². The summed E-state index contributed by atoms with van der Waals surface area (Å²) in [6.45, 7) is 5.09. The van der Waals surface area contributed by atoms with Crippen molar-refractivity contribution in [2.75, 3.05) is 13.1 Å². The van der Waals surface area contributed by atoms with Gasteiger partial charge in [0.15, 0.2) is 0 Å². The van der Waals surface area contributed by atoms with Crippen LogP contribution in [0.5, 0.6) is 5.75 Å². The molecule has 1 aromatic heterocycles. The lowest BCUT2D eigenvalue weighted by molar-refractivity contribution is 0.157. The summed E-state index contributed by atoms with van der Waals surface area (Å²) in [7, 11) is 0. The smallest absolute Gasteiger partial charge is 0.409 e. The van der Waals surface area contributed by atoms with Gasteiger partial charge < -0.3 is 9.64 Å². The Bertz CT molecular complexity index is 1140. The van der Waals surface area contributed by atoms with Crippen LogP contribution in [0.2, 0.25) is 0 Å². The largest absolute Gasteiger partial charge is 0.415 e. The molecule has 140 valence electrons. The Morgan fingerprint density at radius 1 is 0.893 bits per heavy atom. The number of nitrogens with zero attached hydrogens (tertiary/aromatic N) is 2. The fraction of sp³-hybridized carbons (Fsp3) is 0.167. The Morgan fingerprint density at radius 3 is 2.46 bits per heavy atom. The maximum absolute atomic E-state index is 12.6. The minimum absolute atomic E-state index is 0.346. The van der Waals surface area contributed by atoms with E-state index >= 15 is 0 Å². The number of carbonyl (C=O) groups excluding carboxylic acids is 1. The molecule has 0 saturated heterocycles. The molecule has 4 aromatic rings. The molecule has 0 spiro atoms. The van der Waals surface area contributed by atoms with Crippen LogP contribution in [0.1, 0.15) is 13.8 Å². The van der Waals surface area contributed by atoms with Crippen molar-refractivity contribution in [1.82, 2.24) is 9.88 Å². The van der Waals surface area contributed by atoms with Gasteiger partial charge >= 0.3 is 6.09 Å². The highest BCUT2D eigenvalue weighted by atomic mass is 16.6. The molecule has 0 N–H and O–H groups in total. The SMILES string of the molecule is CCN(CC)C(=O)Oc1ccc2cccnc2c1-c1cccc2ccccc12. The molecule has 0 atom stereocenters. The van der Waals surface area contributed by atoms with E-state index in [0.717, 1.165) is 32.8 Å². The van der Waals surface area contributed by atoms with E-state index in [1.807, 2.05) is 56.3 Å². The second-order valence-corrected chi connectivity index (χ2v) is 6.58. The summed E-state index contributed by atoms with van der Waals surface area (Å²) in [5, 5.41) is 3.24. The van der Waals surface area contributed by atoms with Crippen LogP contribution in [0, 0.1) is 0 Å². The molecule has 0 radical (unpaired) electrons. The molecular weight excluding hydrogens is 348 g/mol. The normalized spacial score (nSPS) is 10.9. The number of rotatable bonds is 4. The summed E-state index contributed by atoms with van der Waals surface area (Å²) in [5.41, 5.74) is 2.67. The van der Waals surface area contributed by atoms with E-state index < -0.39 is 0 Å². The number of pyridine rings is 1. The third-order valence-corrected chi connectivity index (χ3v) is 5.01. The van der Waals surface area contributed by atoms with E-state index in [0.29, 0.717) is 18.8 Å². The van der Waals surface area contributed by atoms with Gasteiger partial charge in [-0.05, 0) is 48.4 Å². The average Bonchev–Trinajstić information content (AvgIpc) is 2.74. The van der Waals surface area contributed by atoms with Gasteiger partial charge in [0, 0.05) is 24.7 Å². The van der Waals surface area contributed by atoms with E-state index in [1.54, 1.807) is 11.1 Å². The zero-order valence-corrected chi connectivity index (χ0v) is 16.1. The van der Waals surface area contributed by atoms with Gasteiger partial charge in [0.2, 0.25) is 0 Å². The summed E-state index contributed by atoms with van der Waals surface area (Å²) in [6, 6.07) is 22.1. The highest BCUT2D eigenvalue weighted by Gasteiger charge is 2.19. The first kappa shape index (κ1) is 18.0. The monoisotopic (exact) mass is 370 g/mol. The third-order valence-electron chi connectivity index (χ3n) is 5.01. The zero-order chi connectivity index (χ0) is 19.5. The van der Waals surface area contributed by atoms with Crippen molar-refractivity contribution in [3.8, 4) is 16.9 Å². The molecule has 4 rings (SSSR count). The van der Waals surface area contributed by atoms with Crippen molar-refractivity contribution < 1.29 is 9.53 Å². The topological polar surface area (TPSA) is 42.4 Å². The second-order valence-electron chi connectivity index (χ2n) is 6.58. The number of hydrogen-bond donors (Lipinski definition) is 0. The van der Waals surface area contributed by atoms with Gasteiger partial charge in [0.25, 0.3) is 0 Å². The Hall–Kier alpha value is -3.40. The third kappa shape index (κ3) is 3.18. The van der Waals surface area contributed by atoms with Crippen LogP contribution in [-0.2, 0) is 0 Å².